The minimum atomic E-state index is -5.10. The number of piperazine rings is 1. The predicted octanol–water partition coefficient (Wildman–Crippen LogP) is 5.87. The molecule has 48 heavy (non-hydrogen) atoms. The number of anilines is 2. The quantitative estimate of drug-likeness (QED) is 0.198. The molecule has 17 heteroatoms. The Bertz CT molecular complexity index is 1960. The highest BCUT2D eigenvalue weighted by Gasteiger charge is 2.49. The number of nitrogen functional groups attached to an aromatic ring is 1. The highest BCUT2D eigenvalue weighted by Crippen LogP contribution is 2.46. The molecular weight excluding hydrogens is 667 g/mol. The van der Waals surface area contributed by atoms with Gasteiger partial charge in [0.25, 0.3) is 5.91 Å². The summed E-state index contributed by atoms with van der Waals surface area (Å²) in [6.45, 7) is 3.87. The van der Waals surface area contributed by atoms with Gasteiger partial charge in [-0.1, -0.05) is 17.9 Å². The van der Waals surface area contributed by atoms with Gasteiger partial charge in [0.05, 0.1) is 21.3 Å². The molecule has 4 aromatic rings. The highest BCUT2D eigenvalue weighted by molar-refractivity contribution is 7.22. The molecule has 3 fully saturated rings. The molecule has 1 amide bonds. The Kier molecular flexibility index (Phi) is 7.89. The van der Waals surface area contributed by atoms with Crippen LogP contribution in [0.5, 0.6) is 6.01 Å². The zero-order chi connectivity index (χ0) is 34.1. The number of hydrogen-bond donors (Lipinski definition) is 1. The van der Waals surface area contributed by atoms with Crippen LogP contribution < -0.4 is 15.4 Å². The maximum absolute atomic E-state index is 16.8. The van der Waals surface area contributed by atoms with Crippen molar-refractivity contribution >= 4 is 49.3 Å². The number of nitrogens with zero attached hydrogens (tertiary/aromatic N) is 6. The third-order valence-corrected chi connectivity index (χ3v) is 10.2. The summed E-state index contributed by atoms with van der Waals surface area (Å²) < 4.78 is 110. The van der Waals surface area contributed by atoms with Crippen LogP contribution >= 0.6 is 11.3 Å². The van der Waals surface area contributed by atoms with E-state index in [-0.39, 0.29) is 83.9 Å². The molecule has 2 aromatic carbocycles. The Labute approximate surface area is 272 Å². The Morgan fingerprint density at radius 1 is 1.10 bits per heavy atom. The molecule has 3 aliphatic heterocycles. The largest absolute Gasteiger partial charge is 0.461 e. The number of carbonyl (C=O) groups excluding carboxylic acids is 1. The Balaban J connectivity index is 1.39. The van der Waals surface area contributed by atoms with Crippen molar-refractivity contribution in [3.8, 4) is 17.1 Å². The van der Waals surface area contributed by atoms with Crippen molar-refractivity contribution in [3.05, 3.63) is 47.8 Å². The number of alkyl halides is 4. The van der Waals surface area contributed by atoms with Gasteiger partial charge in [-0.15, -0.1) is 0 Å². The lowest BCUT2D eigenvalue weighted by Crippen LogP contribution is -2.49. The number of fused-ring (bicyclic) bond motifs is 3. The fourth-order valence-electron chi connectivity index (χ4n) is 7.12. The first kappa shape index (κ1) is 32.3. The second kappa shape index (κ2) is 11.7. The summed E-state index contributed by atoms with van der Waals surface area (Å²) in [6, 6.07) is 2.30. The van der Waals surface area contributed by atoms with Gasteiger partial charge in [0.1, 0.15) is 29.9 Å². The number of rotatable bonds is 6. The van der Waals surface area contributed by atoms with Gasteiger partial charge in [0.15, 0.2) is 16.8 Å². The van der Waals surface area contributed by atoms with Crippen molar-refractivity contribution in [2.45, 2.75) is 37.1 Å². The summed E-state index contributed by atoms with van der Waals surface area (Å²) in [7, 11) is 0. The van der Waals surface area contributed by atoms with Gasteiger partial charge in [-0.3, -0.25) is 9.69 Å². The molecular formula is C31H28F7N7O2S. The Morgan fingerprint density at radius 2 is 1.85 bits per heavy atom. The van der Waals surface area contributed by atoms with Crippen molar-refractivity contribution in [2.75, 3.05) is 56.5 Å². The molecule has 2 aromatic heterocycles. The van der Waals surface area contributed by atoms with Crippen LogP contribution in [0.25, 0.3) is 32.2 Å². The van der Waals surface area contributed by atoms with Gasteiger partial charge >= 0.3 is 12.2 Å². The smallest absolute Gasteiger partial charge is 0.417 e. The van der Waals surface area contributed by atoms with Crippen LogP contribution in [0.15, 0.2) is 30.6 Å². The van der Waals surface area contributed by atoms with Crippen molar-refractivity contribution in [1.29, 1.82) is 0 Å². The summed E-state index contributed by atoms with van der Waals surface area (Å²) >= 11 is 0.712. The standard InChI is InChI=1S/C31H28F7N7O2S/c1-15(32)27(46)44-9-7-43(8-10-44)26-18-11-19(31(36,37)38)21(17-3-4-20(34)25-24(17)40-28(39)48-25)22(35)23(18)41-29(42-26)47-14-30-5-2-6-45(30)13-16(33)12-30/h3-4,11,16H,1-2,5-10,12-14H2,(H2,39,40)/t16-,30+/m1/s1. The molecule has 0 unspecified atom stereocenters. The lowest BCUT2D eigenvalue weighted by atomic mass is 9.95. The molecule has 2 N–H and O–H groups in total. The van der Waals surface area contributed by atoms with E-state index in [0.717, 1.165) is 24.6 Å². The van der Waals surface area contributed by atoms with Gasteiger partial charge in [0.2, 0.25) is 0 Å². The van der Waals surface area contributed by atoms with Gasteiger partial charge in [-0.2, -0.15) is 23.1 Å². The molecule has 254 valence electrons. The summed E-state index contributed by atoms with van der Waals surface area (Å²) in [5.41, 5.74) is 1.74. The fraction of sp³-hybridized carbons (Fsp3) is 0.419. The van der Waals surface area contributed by atoms with Crippen LogP contribution in [0.2, 0.25) is 0 Å². The normalized spacial score (nSPS) is 21.8. The number of hydrogen-bond acceptors (Lipinski definition) is 9. The minimum absolute atomic E-state index is 0.00717. The van der Waals surface area contributed by atoms with Crippen molar-refractivity contribution in [3.63, 3.8) is 0 Å². The highest BCUT2D eigenvalue weighted by atomic mass is 32.1. The second-order valence-corrected chi connectivity index (χ2v) is 13.2. The number of thiazole rings is 1. The summed E-state index contributed by atoms with van der Waals surface area (Å²) in [4.78, 5) is 29.6. The topological polar surface area (TPSA) is 101 Å². The number of amides is 1. The minimum Gasteiger partial charge on any atom is -0.461 e. The van der Waals surface area contributed by atoms with E-state index in [1.54, 1.807) is 0 Å². The maximum Gasteiger partial charge on any atom is 0.417 e. The molecule has 2 atom stereocenters. The van der Waals surface area contributed by atoms with Gasteiger partial charge < -0.3 is 20.3 Å². The molecule has 0 radical (unpaired) electrons. The Hall–Kier alpha value is -4.25. The first-order chi connectivity index (χ1) is 22.8. The summed E-state index contributed by atoms with van der Waals surface area (Å²) in [6.07, 6.45) is -4.47. The van der Waals surface area contributed by atoms with Gasteiger partial charge in [0, 0.05) is 55.7 Å². The lowest BCUT2D eigenvalue weighted by molar-refractivity contribution is -0.137. The van der Waals surface area contributed by atoms with E-state index in [2.05, 4.69) is 21.5 Å². The lowest BCUT2D eigenvalue weighted by Gasteiger charge is -2.36. The zero-order valence-corrected chi connectivity index (χ0v) is 26.0. The van der Waals surface area contributed by atoms with Crippen LogP contribution in [-0.2, 0) is 11.0 Å². The van der Waals surface area contributed by atoms with Crippen LogP contribution in [0.3, 0.4) is 0 Å². The van der Waals surface area contributed by atoms with E-state index in [0.29, 0.717) is 24.3 Å². The SMILES string of the molecule is C=C(F)C(=O)N1CCN(c2nc(OC[C@@]34CCCN3C[C@H](F)C4)nc3c(F)c(-c4ccc(F)c5sc(N)nc45)c(C(F)(F)F)cc23)CC1. The van der Waals surface area contributed by atoms with Gasteiger partial charge in [-0.05, 0) is 37.6 Å². The van der Waals surface area contributed by atoms with Crippen molar-refractivity contribution in [2.24, 2.45) is 0 Å². The van der Waals surface area contributed by atoms with Gasteiger partial charge in [-0.25, -0.2) is 22.5 Å². The van der Waals surface area contributed by atoms with Crippen LogP contribution in [0.4, 0.5) is 41.7 Å². The number of benzene rings is 2. The summed E-state index contributed by atoms with van der Waals surface area (Å²) in [5.74, 6) is -4.33. The van der Waals surface area contributed by atoms with Crippen LogP contribution in [0, 0.1) is 11.6 Å². The first-order valence-corrected chi connectivity index (χ1v) is 15.9. The van der Waals surface area contributed by atoms with E-state index < -0.39 is 57.9 Å². The van der Waals surface area contributed by atoms with E-state index in [9.17, 15) is 31.1 Å². The van der Waals surface area contributed by atoms with Crippen molar-refractivity contribution < 1.29 is 40.3 Å². The number of halogens is 7. The third kappa shape index (κ3) is 5.45. The number of carbonyl (C=O) groups is 1. The average Bonchev–Trinajstić information content (AvgIpc) is 3.71. The van der Waals surface area contributed by atoms with Crippen LogP contribution in [0.1, 0.15) is 24.8 Å². The number of nitrogens with two attached hydrogens (primary N) is 1. The third-order valence-electron chi connectivity index (χ3n) is 9.31. The zero-order valence-electron chi connectivity index (χ0n) is 25.2. The molecule has 0 aliphatic carbocycles. The fourth-order valence-corrected chi connectivity index (χ4v) is 7.88. The van der Waals surface area contributed by atoms with Crippen LogP contribution in [-0.4, -0.2) is 88.2 Å². The molecule has 7 rings (SSSR count). The van der Waals surface area contributed by atoms with E-state index in [1.807, 2.05) is 4.90 Å². The Morgan fingerprint density at radius 3 is 2.56 bits per heavy atom. The van der Waals surface area contributed by atoms with E-state index in [4.69, 9.17) is 10.5 Å². The molecule has 3 aliphatic rings. The first-order valence-electron chi connectivity index (χ1n) is 15.1. The van der Waals surface area contributed by atoms with Crippen molar-refractivity contribution in [1.82, 2.24) is 24.8 Å². The maximum atomic E-state index is 16.8. The van der Waals surface area contributed by atoms with E-state index in [1.165, 1.54) is 9.80 Å². The molecule has 0 spiro atoms. The molecule has 0 saturated carbocycles. The molecule has 5 heterocycles. The summed E-state index contributed by atoms with van der Waals surface area (Å²) in [5, 5.41) is -0.421. The second-order valence-electron chi connectivity index (χ2n) is 12.2. The predicted molar refractivity (Wildman–Crippen MR) is 165 cm³/mol. The number of ether oxygens (including phenoxy) is 1. The van der Waals surface area contributed by atoms with E-state index >= 15 is 4.39 Å². The molecule has 9 nitrogen and oxygen atoms in total. The number of aromatic nitrogens is 3. The monoisotopic (exact) mass is 695 g/mol. The molecule has 3 saturated heterocycles. The molecule has 0 bridgehead atoms. The average molecular weight is 696 g/mol.